The predicted octanol–water partition coefficient (Wildman–Crippen LogP) is 3.04. The van der Waals surface area contributed by atoms with Crippen LogP contribution in [0.3, 0.4) is 0 Å². The Morgan fingerprint density at radius 3 is 2.83 bits per heavy atom. The fourth-order valence-corrected chi connectivity index (χ4v) is 2.44. The quantitative estimate of drug-likeness (QED) is 0.755. The van der Waals surface area contributed by atoms with Gasteiger partial charge in [-0.3, -0.25) is 4.79 Å². The number of nitrogens with one attached hydrogen (secondary N) is 1. The van der Waals surface area contributed by atoms with E-state index < -0.39 is 17.8 Å². The van der Waals surface area contributed by atoms with Crippen molar-refractivity contribution in [3.8, 4) is 5.75 Å². The lowest BCUT2D eigenvalue weighted by Crippen LogP contribution is -2.28. The lowest BCUT2D eigenvalue weighted by Gasteiger charge is -2.12. The van der Waals surface area contributed by atoms with Crippen molar-refractivity contribution in [1.29, 1.82) is 0 Å². The Bertz CT molecular complexity index is 874. The average Bonchev–Trinajstić information content (AvgIpc) is 3.04. The first kappa shape index (κ1) is 16.0. The van der Waals surface area contributed by atoms with Crippen molar-refractivity contribution in [2.45, 2.75) is 6.10 Å². The third-order valence-corrected chi connectivity index (χ3v) is 3.67. The number of benzene rings is 2. The standard InChI is InChI=1S/C18H16FNO4/c1-23-15-8-4-5-11-9-16(24-17(11)15)18(22)20-10-14(21)12-6-2-3-7-13(12)19/h2-9,14,21H,10H2,1H3,(H,20,22). The number of carbonyl (C=O) groups excluding carboxylic acids is 1. The number of para-hydroxylation sites is 1. The molecule has 0 aliphatic heterocycles. The molecule has 1 atom stereocenters. The van der Waals surface area contributed by atoms with Crippen LogP contribution in [0.1, 0.15) is 22.2 Å². The van der Waals surface area contributed by atoms with Crippen molar-refractivity contribution in [2.75, 3.05) is 13.7 Å². The molecule has 0 aliphatic rings. The molecule has 0 saturated carbocycles. The number of amides is 1. The molecule has 0 aliphatic carbocycles. The number of rotatable bonds is 5. The van der Waals surface area contributed by atoms with Gasteiger partial charge in [-0.15, -0.1) is 0 Å². The van der Waals surface area contributed by atoms with Crippen molar-refractivity contribution in [1.82, 2.24) is 5.32 Å². The molecule has 0 radical (unpaired) electrons. The molecule has 1 unspecified atom stereocenters. The highest BCUT2D eigenvalue weighted by Crippen LogP contribution is 2.28. The molecule has 0 bridgehead atoms. The summed E-state index contributed by atoms with van der Waals surface area (Å²) in [6, 6.07) is 12.8. The van der Waals surface area contributed by atoms with Crippen LogP contribution in [0.15, 0.2) is 52.9 Å². The van der Waals surface area contributed by atoms with E-state index in [1.165, 1.54) is 25.3 Å². The van der Waals surface area contributed by atoms with Crippen LogP contribution < -0.4 is 10.1 Å². The molecule has 0 fully saturated rings. The van der Waals surface area contributed by atoms with Crippen molar-refractivity contribution in [2.24, 2.45) is 0 Å². The lowest BCUT2D eigenvalue weighted by atomic mass is 10.1. The molecule has 6 heteroatoms. The van der Waals surface area contributed by atoms with E-state index in [1.807, 2.05) is 0 Å². The number of hydrogen-bond donors (Lipinski definition) is 2. The second kappa shape index (κ2) is 6.72. The van der Waals surface area contributed by atoms with E-state index in [9.17, 15) is 14.3 Å². The summed E-state index contributed by atoms with van der Waals surface area (Å²) >= 11 is 0. The van der Waals surface area contributed by atoms with Crippen molar-refractivity contribution in [3.05, 3.63) is 65.7 Å². The second-order valence-electron chi connectivity index (χ2n) is 5.24. The van der Waals surface area contributed by atoms with E-state index in [-0.39, 0.29) is 17.9 Å². The summed E-state index contributed by atoms with van der Waals surface area (Å²) < 4.78 is 24.3. The Labute approximate surface area is 137 Å². The zero-order chi connectivity index (χ0) is 17.1. The van der Waals surface area contributed by atoms with E-state index in [2.05, 4.69) is 5.32 Å². The molecule has 1 heterocycles. The number of fused-ring (bicyclic) bond motifs is 1. The van der Waals surface area contributed by atoms with E-state index in [4.69, 9.17) is 9.15 Å². The van der Waals surface area contributed by atoms with Gasteiger partial charge in [0.1, 0.15) is 5.82 Å². The van der Waals surface area contributed by atoms with Gasteiger partial charge in [-0.1, -0.05) is 30.3 Å². The van der Waals surface area contributed by atoms with Crippen LogP contribution >= 0.6 is 0 Å². The highest BCUT2D eigenvalue weighted by atomic mass is 19.1. The lowest BCUT2D eigenvalue weighted by molar-refractivity contribution is 0.0889. The minimum Gasteiger partial charge on any atom is -0.493 e. The number of aliphatic hydroxyl groups is 1. The summed E-state index contributed by atoms with van der Waals surface area (Å²) in [4.78, 5) is 12.2. The predicted molar refractivity (Wildman–Crippen MR) is 86.5 cm³/mol. The third kappa shape index (κ3) is 3.09. The summed E-state index contributed by atoms with van der Waals surface area (Å²) in [5, 5.41) is 13.3. The monoisotopic (exact) mass is 329 g/mol. The highest BCUT2D eigenvalue weighted by molar-refractivity contribution is 5.97. The number of ether oxygens (including phenoxy) is 1. The molecule has 5 nitrogen and oxygen atoms in total. The van der Waals surface area contributed by atoms with Crippen LogP contribution in [0.5, 0.6) is 5.75 Å². The van der Waals surface area contributed by atoms with Crippen LogP contribution in [0, 0.1) is 5.82 Å². The van der Waals surface area contributed by atoms with Crippen LogP contribution in [-0.2, 0) is 0 Å². The average molecular weight is 329 g/mol. The molecule has 3 rings (SSSR count). The molecule has 2 aromatic carbocycles. The maximum absolute atomic E-state index is 13.6. The molecule has 2 N–H and O–H groups in total. The van der Waals surface area contributed by atoms with Gasteiger partial charge in [-0.05, 0) is 18.2 Å². The Hall–Kier alpha value is -2.86. The SMILES string of the molecule is COc1cccc2cc(C(=O)NCC(O)c3ccccc3F)oc12. The first-order valence-electron chi connectivity index (χ1n) is 7.37. The van der Waals surface area contributed by atoms with Gasteiger partial charge >= 0.3 is 0 Å². The number of carbonyl (C=O) groups is 1. The maximum Gasteiger partial charge on any atom is 0.287 e. The van der Waals surface area contributed by atoms with E-state index in [0.29, 0.717) is 11.3 Å². The maximum atomic E-state index is 13.6. The van der Waals surface area contributed by atoms with Crippen LogP contribution in [0.4, 0.5) is 4.39 Å². The highest BCUT2D eigenvalue weighted by Gasteiger charge is 2.17. The smallest absolute Gasteiger partial charge is 0.287 e. The zero-order valence-electron chi connectivity index (χ0n) is 13.0. The minimum atomic E-state index is -1.14. The number of methoxy groups -OCH3 is 1. The topological polar surface area (TPSA) is 71.7 Å². The van der Waals surface area contributed by atoms with Gasteiger partial charge in [0, 0.05) is 17.5 Å². The van der Waals surface area contributed by atoms with E-state index in [1.54, 1.807) is 30.3 Å². The fourth-order valence-electron chi connectivity index (χ4n) is 2.44. The molecular weight excluding hydrogens is 313 g/mol. The van der Waals surface area contributed by atoms with Crippen molar-refractivity contribution in [3.63, 3.8) is 0 Å². The Morgan fingerprint density at radius 2 is 2.08 bits per heavy atom. The molecular formula is C18H16FNO4. The normalized spacial score (nSPS) is 12.1. The zero-order valence-corrected chi connectivity index (χ0v) is 13.0. The first-order valence-corrected chi connectivity index (χ1v) is 7.37. The summed E-state index contributed by atoms with van der Waals surface area (Å²) in [7, 11) is 1.52. The van der Waals surface area contributed by atoms with Gasteiger partial charge in [0.15, 0.2) is 17.1 Å². The van der Waals surface area contributed by atoms with Crippen molar-refractivity contribution >= 4 is 16.9 Å². The molecule has 3 aromatic rings. The summed E-state index contributed by atoms with van der Waals surface area (Å²) in [5.41, 5.74) is 0.601. The Morgan fingerprint density at radius 1 is 1.29 bits per heavy atom. The Balaban J connectivity index is 1.72. The van der Waals surface area contributed by atoms with E-state index >= 15 is 0 Å². The summed E-state index contributed by atoms with van der Waals surface area (Å²) in [6.45, 7) is -0.131. The Kier molecular flexibility index (Phi) is 4.48. The molecule has 0 spiro atoms. The number of halogens is 1. The molecule has 0 saturated heterocycles. The van der Waals surface area contributed by atoms with Gasteiger partial charge in [0.25, 0.3) is 5.91 Å². The molecule has 1 amide bonds. The van der Waals surface area contributed by atoms with Crippen LogP contribution in [0.25, 0.3) is 11.0 Å². The van der Waals surface area contributed by atoms with Crippen LogP contribution in [0.2, 0.25) is 0 Å². The fraction of sp³-hybridized carbons (Fsp3) is 0.167. The van der Waals surface area contributed by atoms with Gasteiger partial charge in [0.2, 0.25) is 0 Å². The van der Waals surface area contributed by atoms with Gasteiger partial charge < -0.3 is 19.6 Å². The van der Waals surface area contributed by atoms with Gasteiger partial charge in [-0.25, -0.2) is 4.39 Å². The van der Waals surface area contributed by atoms with Crippen molar-refractivity contribution < 1.29 is 23.4 Å². The molecule has 24 heavy (non-hydrogen) atoms. The molecule has 1 aromatic heterocycles. The second-order valence-corrected chi connectivity index (χ2v) is 5.24. The van der Waals surface area contributed by atoms with E-state index in [0.717, 1.165) is 5.39 Å². The summed E-state index contributed by atoms with van der Waals surface area (Å²) in [5.74, 6) is -0.399. The van der Waals surface area contributed by atoms with Crippen LogP contribution in [-0.4, -0.2) is 24.7 Å². The number of hydrogen-bond acceptors (Lipinski definition) is 4. The largest absolute Gasteiger partial charge is 0.493 e. The third-order valence-electron chi connectivity index (χ3n) is 3.67. The minimum absolute atomic E-state index is 0.0928. The summed E-state index contributed by atoms with van der Waals surface area (Å²) in [6.07, 6.45) is -1.14. The molecule has 124 valence electrons. The number of aliphatic hydroxyl groups excluding tert-OH is 1. The first-order chi connectivity index (χ1) is 11.6. The van der Waals surface area contributed by atoms with Gasteiger partial charge in [-0.2, -0.15) is 0 Å². The van der Waals surface area contributed by atoms with Gasteiger partial charge in [0.05, 0.1) is 13.2 Å². The number of furan rings is 1.